The number of ketones is 1. The number of benzene rings is 1. The Morgan fingerprint density at radius 2 is 2.00 bits per heavy atom. The van der Waals surface area contributed by atoms with Gasteiger partial charge >= 0.3 is 5.97 Å². The highest BCUT2D eigenvalue weighted by Gasteiger charge is 2.24. The van der Waals surface area contributed by atoms with Crippen molar-refractivity contribution in [2.45, 2.75) is 6.92 Å². The van der Waals surface area contributed by atoms with Crippen LogP contribution in [0.25, 0.3) is 0 Å². The van der Waals surface area contributed by atoms with Crippen LogP contribution in [0.2, 0.25) is 0 Å². The van der Waals surface area contributed by atoms with Crippen LogP contribution >= 0.6 is 0 Å². The monoisotopic (exact) mass is 269 g/mol. The first kappa shape index (κ1) is 14.4. The van der Waals surface area contributed by atoms with Crippen LogP contribution in [0, 0.1) is 10.1 Å². The second kappa shape index (κ2) is 5.80. The molecule has 0 aliphatic rings. The Morgan fingerprint density at radius 3 is 2.42 bits per heavy atom. The maximum absolute atomic E-state index is 10.9. The van der Waals surface area contributed by atoms with E-state index in [-0.39, 0.29) is 23.9 Å². The van der Waals surface area contributed by atoms with Crippen molar-refractivity contribution in [1.82, 2.24) is 0 Å². The van der Waals surface area contributed by atoms with Crippen LogP contribution < -0.4 is 9.47 Å². The lowest BCUT2D eigenvalue weighted by Crippen LogP contribution is -2.09. The lowest BCUT2D eigenvalue weighted by atomic mass is 10.1. The number of carboxylic acids is 1. The molecular formula is C11H11NO7. The summed E-state index contributed by atoms with van der Waals surface area (Å²) >= 11 is 0. The van der Waals surface area contributed by atoms with Crippen molar-refractivity contribution in [3.63, 3.8) is 0 Å². The van der Waals surface area contributed by atoms with E-state index in [0.717, 1.165) is 12.1 Å². The SMILES string of the molecule is COc1cc(C(=O)O)c([N+](=O)[O-])cc1OCC(C)=O. The van der Waals surface area contributed by atoms with Gasteiger partial charge in [0.15, 0.2) is 17.3 Å². The lowest BCUT2D eigenvalue weighted by Gasteiger charge is -2.10. The number of ether oxygens (including phenoxy) is 2. The van der Waals surface area contributed by atoms with E-state index in [1.165, 1.54) is 14.0 Å². The van der Waals surface area contributed by atoms with Crippen LogP contribution in [0.1, 0.15) is 17.3 Å². The summed E-state index contributed by atoms with van der Waals surface area (Å²) in [6.07, 6.45) is 0. The number of Topliss-reactive ketones (excluding diaryl/α,β-unsaturated/α-hetero) is 1. The number of methoxy groups -OCH3 is 1. The van der Waals surface area contributed by atoms with E-state index in [1.54, 1.807) is 0 Å². The summed E-state index contributed by atoms with van der Waals surface area (Å²) in [5.41, 5.74) is -1.15. The Hall–Kier alpha value is -2.64. The molecule has 1 aromatic carbocycles. The molecule has 102 valence electrons. The van der Waals surface area contributed by atoms with Crippen LogP contribution in [0.5, 0.6) is 11.5 Å². The summed E-state index contributed by atoms with van der Waals surface area (Å²) in [6, 6.07) is 1.90. The molecule has 0 spiro atoms. The number of carbonyl (C=O) groups excluding carboxylic acids is 1. The quantitative estimate of drug-likeness (QED) is 0.610. The molecule has 8 heteroatoms. The van der Waals surface area contributed by atoms with E-state index in [9.17, 15) is 19.7 Å². The molecule has 0 saturated carbocycles. The molecule has 0 amide bonds. The smallest absolute Gasteiger partial charge is 0.342 e. The van der Waals surface area contributed by atoms with Gasteiger partial charge in [-0.1, -0.05) is 0 Å². The van der Waals surface area contributed by atoms with E-state index in [4.69, 9.17) is 14.6 Å². The summed E-state index contributed by atoms with van der Waals surface area (Å²) in [7, 11) is 1.26. The van der Waals surface area contributed by atoms with Gasteiger partial charge in [-0.05, 0) is 6.92 Å². The molecule has 1 aromatic rings. The average molecular weight is 269 g/mol. The van der Waals surface area contributed by atoms with E-state index < -0.39 is 22.1 Å². The number of nitro benzene ring substituents is 1. The fraction of sp³-hybridized carbons (Fsp3) is 0.273. The summed E-state index contributed by atoms with van der Waals surface area (Å²) in [5.74, 6) is -1.80. The predicted octanol–water partition coefficient (Wildman–Crippen LogP) is 1.27. The van der Waals surface area contributed by atoms with Gasteiger partial charge in [0.1, 0.15) is 12.2 Å². The minimum absolute atomic E-state index is 0.00394. The van der Waals surface area contributed by atoms with Gasteiger partial charge in [-0.2, -0.15) is 0 Å². The first-order valence-electron chi connectivity index (χ1n) is 5.08. The predicted molar refractivity (Wildman–Crippen MR) is 62.8 cm³/mol. The fourth-order valence-electron chi connectivity index (χ4n) is 1.32. The van der Waals surface area contributed by atoms with Crippen LogP contribution in [-0.4, -0.2) is 35.5 Å². The van der Waals surface area contributed by atoms with Gasteiger partial charge < -0.3 is 14.6 Å². The van der Waals surface area contributed by atoms with Crippen molar-refractivity contribution in [1.29, 1.82) is 0 Å². The molecule has 8 nitrogen and oxygen atoms in total. The average Bonchev–Trinajstić information content (AvgIpc) is 2.34. The Morgan fingerprint density at radius 1 is 1.37 bits per heavy atom. The standard InChI is InChI=1S/C11H11NO7/c1-6(13)5-19-10-4-8(12(16)17)7(11(14)15)3-9(10)18-2/h3-4H,5H2,1-2H3,(H,14,15). The minimum atomic E-state index is -1.46. The Balaban J connectivity index is 3.31. The molecule has 1 rings (SSSR count). The first-order valence-corrected chi connectivity index (χ1v) is 5.08. The summed E-state index contributed by atoms with van der Waals surface area (Å²) < 4.78 is 9.92. The molecular weight excluding hydrogens is 258 g/mol. The van der Waals surface area contributed by atoms with E-state index in [0.29, 0.717) is 0 Å². The third-order valence-corrected chi connectivity index (χ3v) is 2.14. The maximum Gasteiger partial charge on any atom is 0.342 e. The van der Waals surface area contributed by atoms with E-state index in [1.807, 2.05) is 0 Å². The van der Waals surface area contributed by atoms with Crippen LogP contribution in [0.4, 0.5) is 5.69 Å². The zero-order valence-electron chi connectivity index (χ0n) is 10.2. The second-order valence-corrected chi connectivity index (χ2v) is 3.57. The molecule has 0 aliphatic carbocycles. The number of nitro groups is 1. The minimum Gasteiger partial charge on any atom is -0.493 e. The number of hydrogen-bond donors (Lipinski definition) is 1. The summed E-state index contributed by atoms with van der Waals surface area (Å²) in [6.45, 7) is 0.992. The van der Waals surface area contributed by atoms with Crippen molar-refractivity contribution in [2.24, 2.45) is 0 Å². The van der Waals surface area contributed by atoms with E-state index in [2.05, 4.69) is 0 Å². The van der Waals surface area contributed by atoms with Crippen molar-refractivity contribution >= 4 is 17.4 Å². The Bertz CT molecular complexity index is 538. The highest BCUT2D eigenvalue weighted by Crippen LogP contribution is 2.34. The van der Waals surface area contributed by atoms with Gasteiger partial charge in [-0.3, -0.25) is 14.9 Å². The normalized spacial score (nSPS) is 9.79. The highest BCUT2D eigenvalue weighted by atomic mass is 16.6. The molecule has 0 saturated heterocycles. The number of nitrogens with zero attached hydrogens (tertiary/aromatic N) is 1. The van der Waals surface area contributed by atoms with Crippen molar-refractivity contribution < 1.29 is 29.1 Å². The van der Waals surface area contributed by atoms with Gasteiger partial charge in [0.05, 0.1) is 18.1 Å². The van der Waals surface area contributed by atoms with Gasteiger partial charge in [-0.25, -0.2) is 4.79 Å². The van der Waals surface area contributed by atoms with Crippen LogP contribution in [0.3, 0.4) is 0 Å². The van der Waals surface area contributed by atoms with Gasteiger partial charge in [0.25, 0.3) is 5.69 Å². The van der Waals surface area contributed by atoms with Gasteiger partial charge in [0.2, 0.25) is 0 Å². The lowest BCUT2D eigenvalue weighted by molar-refractivity contribution is -0.385. The third kappa shape index (κ3) is 3.41. The van der Waals surface area contributed by atoms with Crippen LogP contribution in [-0.2, 0) is 4.79 Å². The number of carbonyl (C=O) groups is 2. The molecule has 0 bridgehead atoms. The van der Waals surface area contributed by atoms with Gasteiger partial charge in [-0.15, -0.1) is 0 Å². The molecule has 19 heavy (non-hydrogen) atoms. The molecule has 0 fully saturated rings. The number of rotatable bonds is 6. The number of aromatic carboxylic acids is 1. The topological polar surface area (TPSA) is 116 Å². The molecule has 0 unspecified atom stereocenters. The summed E-state index contributed by atoms with van der Waals surface area (Å²) in [5, 5.41) is 19.7. The molecule has 0 aromatic heterocycles. The molecule has 1 N–H and O–H groups in total. The third-order valence-electron chi connectivity index (χ3n) is 2.14. The molecule has 0 aliphatic heterocycles. The van der Waals surface area contributed by atoms with Crippen molar-refractivity contribution in [2.75, 3.05) is 13.7 Å². The van der Waals surface area contributed by atoms with E-state index >= 15 is 0 Å². The zero-order valence-corrected chi connectivity index (χ0v) is 10.2. The fourth-order valence-corrected chi connectivity index (χ4v) is 1.32. The first-order chi connectivity index (χ1) is 8.86. The number of hydrogen-bond acceptors (Lipinski definition) is 6. The molecule has 0 radical (unpaired) electrons. The van der Waals surface area contributed by atoms with Gasteiger partial charge in [0, 0.05) is 6.07 Å². The zero-order chi connectivity index (χ0) is 14.6. The number of carboxylic acid groups (broad SMARTS) is 1. The summed E-state index contributed by atoms with van der Waals surface area (Å²) in [4.78, 5) is 31.7. The maximum atomic E-state index is 10.9. The molecule has 0 heterocycles. The second-order valence-electron chi connectivity index (χ2n) is 3.57. The van der Waals surface area contributed by atoms with Crippen molar-refractivity contribution in [3.8, 4) is 11.5 Å². The largest absolute Gasteiger partial charge is 0.493 e. The molecule has 0 atom stereocenters. The Kier molecular flexibility index (Phi) is 4.41. The van der Waals surface area contributed by atoms with Crippen molar-refractivity contribution in [3.05, 3.63) is 27.8 Å². The Labute approximate surface area is 107 Å². The van der Waals surface area contributed by atoms with Crippen LogP contribution in [0.15, 0.2) is 12.1 Å². The highest BCUT2D eigenvalue weighted by molar-refractivity contribution is 5.93.